The number of hydrazone groups is 1. The molecule has 2 aromatic rings. The average molecular weight is 377 g/mol. The molecule has 0 unspecified atom stereocenters. The van der Waals surface area contributed by atoms with Crippen LogP contribution in [0.2, 0.25) is 5.02 Å². The van der Waals surface area contributed by atoms with Crippen molar-refractivity contribution < 1.29 is 14.3 Å². The summed E-state index contributed by atoms with van der Waals surface area (Å²) in [6, 6.07) is 14.3. The van der Waals surface area contributed by atoms with Crippen molar-refractivity contribution in [2.24, 2.45) is 5.10 Å². The van der Waals surface area contributed by atoms with Crippen LogP contribution in [0.5, 0.6) is 5.75 Å². The van der Waals surface area contributed by atoms with Crippen molar-refractivity contribution >= 4 is 41.5 Å². The summed E-state index contributed by atoms with van der Waals surface area (Å²) < 4.78 is 4.94. The van der Waals surface area contributed by atoms with Crippen LogP contribution in [0.25, 0.3) is 0 Å². The first-order valence-electron chi connectivity index (χ1n) is 7.45. The molecule has 130 valence electrons. The molecule has 1 amide bonds. The van der Waals surface area contributed by atoms with E-state index in [0.717, 1.165) is 16.9 Å². The summed E-state index contributed by atoms with van der Waals surface area (Å²) in [6.07, 6.45) is 1.53. The summed E-state index contributed by atoms with van der Waals surface area (Å²) in [7, 11) is 0. The highest BCUT2D eigenvalue weighted by Crippen LogP contribution is 2.15. The van der Waals surface area contributed by atoms with Gasteiger partial charge in [-0.15, -0.1) is 11.8 Å². The second-order valence-electron chi connectivity index (χ2n) is 5.08. The first-order chi connectivity index (χ1) is 12.0. The highest BCUT2D eigenvalue weighted by Gasteiger charge is 2.01. The number of halogens is 1. The number of esters is 1. The lowest BCUT2D eigenvalue weighted by molar-refractivity contribution is -0.131. The monoisotopic (exact) mass is 376 g/mol. The summed E-state index contributed by atoms with van der Waals surface area (Å²) >= 11 is 7.32. The highest BCUT2D eigenvalue weighted by atomic mass is 35.5. The van der Waals surface area contributed by atoms with Gasteiger partial charge in [0.05, 0.1) is 12.0 Å². The zero-order valence-electron chi connectivity index (χ0n) is 13.6. The van der Waals surface area contributed by atoms with Crippen LogP contribution in [0.3, 0.4) is 0 Å². The quantitative estimate of drug-likeness (QED) is 0.346. The van der Waals surface area contributed by atoms with E-state index in [1.165, 1.54) is 24.9 Å². The zero-order valence-corrected chi connectivity index (χ0v) is 15.1. The van der Waals surface area contributed by atoms with Gasteiger partial charge in [-0.1, -0.05) is 23.7 Å². The van der Waals surface area contributed by atoms with Crippen LogP contribution in [0.4, 0.5) is 0 Å². The Morgan fingerprint density at radius 1 is 1.16 bits per heavy atom. The van der Waals surface area contributed by atoms with Crippen LogP contribution in [0, 0.1) is 0 Å². The van der Waals surface area contributed by atoms with Crippen LogP contribution in [0.15, 0.2) is 53.6 Å². The van der Waals surface area contributed by atoms with Crippen LogP contribution >= 0.6 is 23.4 Å². The Kier molecular flexibility index (Phi) is 7.50. The molecule has 0 fully saturated rings. The summed E-state index contributed by atoms with van der Waals surface area (Å²) in [6.45, 7) is 1.34. The van der Waals surface area contributed by atoms with Crippen molar-refractivity contribution in [3.05, 3.63) is 64.7 Å². The van der Waals surface area contributed by atoms with E-state index in [-0.39, 0.29) is 11.9 Å². The number of amides is 1. The predicted molar refractivity (Wildman–Crippen MR) is 101 cm³/mol. The molecule has 25 heavy (non-hydrogen) atoms. The fraction of sp³-hybridized carbons (Fsp3) is 0.167. The van der Waals surface area contributed by atoms with Crippen molar-refractivity contribution in [1.29, 1.82) is 0 Å². The van der Waals surface area contributed by atoms with Crippen molar-refractivity contribution in [1.82, 2.24) is 5.43 Å². The maximum atomic E-state index is 11.7. The molecule has 0 aliphatic carbocycles. The summed E-state index contributed by atoms with van der Waals surface area (Å²) in [5.74, 6) is 0.959. The summed E-state index contributed by atoms with van der Waals surface area (Å²) in [4.78, 5) is 22.6. The van der Waals surface area contributed by atoms with E-state index in [0.29, 0.717) is 16.5 Å². The van der Waals surface area contributed by atoms with Gasteiger partial charge in [0.1, 0.15) is 5.75 Å². The molecule has 7 heteroatoms. The minimum atomic E-state index is -0.371. The van der Waals surface area contributed by atoms with E-state index in [9.17, 15) is 9.59 Å². The van der Waals surface area contributed by atoms with Crippen molar-refractivity contribution in [2.45, 2.75) is 12.7 Å². The molecular formula is C18H17ClN2O3S. The lowest BCUT2D eigenvalue weighted by Gasteiger charge is -2.02. The van der Waals surface area contributed by atoms with E-state index in [2.05, 4.69) is 10.5 Å². The van der Waals surface area contributed by atoms with Crippen LogP contribution in [-0.4, -0.2) is 23.8 Å². The van der Waals surface area contributed by atoms with Gasteiger partial charge in [-0.3, -0.25) is 9.59 Å². The number of carbonyl (C=O) groups excluding carboxylic acids is 2. The minimum Gasteiger partial charge on any atom is -0.427 e. The van der Waals surface area contributed by atoms with Gasteiger partial charge in [0.25, 0.3) is 0 Å². The standard InChI is InChI=1S/C18H17ClN2O3S/c1-13(22)24-17-8-4-14(5-9-17)10-20-21-18(23)12-25-11-15-2-6-16(19)7-3-15/h2-10H,11-12H2,1H3,(H,21,23). The first kappa shape index (κ1) is 19.0. The van der Waals surface area contributed by atoms with Gasteiger partial charge in [-0.2, -0.15) is 5.10 Å². The second kappa shape index (κ2) is 9.86. The molecule has 0 heterocycles. The summed E-state index contributed by atoms with van der Waals surface area (Å²) in [5, 5.41) is 4.60. The Bertz CT molecular complexity index is 746. The van der Waals surface area contributed by atoms with Gasteiger partial charge in [-0.25, -0.2) is 5.43 Å². The normalized spacial score (nSPS) is 10.6. The van der Waals surface area contributed by atoms with Crippen LogP contribution in [-0.2, 0) is 15.3 Å². The SMILES string of the molecule is CC(=O)Oc1ccc(C=NNC(=O)CSCc2ccc(Cl)cc2)cc1. The molecule has 0 radical (unpaired) electrons. The molecular weight excluding hydrogens is 360 g/mol. The van der Waals surface area contributed by atoms with E-state index >= 15 is 0 Å². The molecule has 0 aromatic heterocycles. The Morgan fingerprint density at radius 2 is 1.84 bits per heavy atom. The fourth-order valence-corrected chi connectivity index (χ4v) is 2.75. The lowest BCUT2D eigenvalue weighted by Crippen LogP contribution is -2.19. The molecule has 0 bridgehead atoms. The van der Waals surface area contributed by atoms with E-state index in [4.69, 9.17) is 16.3 Å². The average Bonchev–Trinajstić information content (AvgIpc) is 2.58. The molecule has 5 nitrogen and oxygen atoms in total. The molecule has 0 aliphatic heterocycles. The van der Waals surface area contributed by atoms with Crippen molar-refractivity contribution in [2.75, 3.05) is 5.75 Å². The maximum absolute atomic E-state index is 11.7. The van der Waals surface area contributed by atoms with Crippen molar-refractivity contribution in [3.63, 3.8) is 0 Å². The Balaban J connectivity index is 1.71. The Hall–Kier alpha value is -2.31. The minimum absolute atomic E-state index is 0.174. The Morgan fingerprint density at radius 3 is 2.48 bits per heavy atom. The number of ether oxygens (including phenoxy) is 1. The molecule has 2 aromatic carbocycles. The topological polar surface area (TPSA) is 67.8 Å². The molecule has 0 aliphatic rings. The third-order valence-electron chi connectivity index (χ3n) is 2.96. The Labute approximate surface area is 155 Å². The van der Waals surface area contributed by atoms with Gasteiger partial charge >= 0.3 is 5.97 Å². The maximum Gasteiger partial charge on any atom is 0.308 e. The van der Waals surface area contributed by atoms with E-state index < -0.39 is 0 Å². The lowest BCUT2D eigenvalue weighted by atomic mass is 10.2. The van der Waals surface area contributed by atoms with Gasteiger partial charge in [0.2, 0.25) is 5.91 Å². The third-order valence-corrected chi connectivity index (χ3v) is 4.22. The largest absolute Gasteiger partial charge is 0.427 e. The van der Waals surface area contributed by atoms with Gasteiger partial charge in [0, 0.05) is 17.7 Å². The van der Waals surface area contributed by atoms with Crippen LogP contribution < -0.4 is 10.2 Å². The highest BCUT2D eigenvalue weighted by molar-refractivity contribution is 7.99. The van der Waals surface area contributed by atoms with Gasteiger partial charge < -0.3 is 4.74 Å². The molecule has 0 spiro atoms. The fourth-order valence-electron chi connectivity index (χ4n) is 1.84. The number of benzene rings is 2. The predicted octanol–water partition coefficient (Wildman–Crippen LogP) is 3.65. The third kappa shape index (κ3) is 7.41. The first-order valence-corrected chi connectivity index (χ1v) is 8.99. The molecule has 0 saturated carbocycles. The second-order valence-corrected chi connectivity index (χ2v) is 6.50. The zero-order chi connectivity index (χ0) is 18.1. The van der Waals surface area contributed by atoms with Gasteiger partial charge in [0.15, 0.2) is 0 Å². The van der Waals surface area contributed by atoms with E-state index in [1.54, 1.807) is 24.3 Å². The van der Waals surface area contributed by atoms with Crippen molar-refractivity contribution in [3.8, 4) is 5.75 Å². The number of nitrogens with one attached hydrogen (secondary N) is 1. The van der Waals surface area contributed by atoms with Gasteiger partial charge in [-0.05, 0) is 47.5 Å². The number of carbonyl (C=O) groups is 2. The number of nitrogens with zero attached hydrogens (tertiary/aromatic N) is 1. The smallest absolute Gasteiger partial charge is 0.308 e. The molecule has 0 atom stereocenters. The van der Waals surface area contributed by atoms with Crippen LogP contribution in [0.1, 0.15) is 18.1 Å². The number of hydrogen-bond acceptors (Lipinski definition) is 5. The molecule has 1 N–H and O–H groups in total. The summed E-state index contributed by atoms with van der Waals surface area (Å²) in [5.41, 5.74) is 4.37. The number of thioether (sulfide) groups is 1. The number of rotatable bonds is 7. The molecule has 0 saturated heterocycles. The molecule has 2 rings (SSSR count). The number of hydrogen-bond donors (Lipinski definition) is 1. The van der Waals surface area contributed by atoms with E-state index in [1.807, 2.05) is 24.3 Å².